The molecule has 0 spiro atoms. The van der Waals surface area contributed by atoms with Crippen molar-refractivity contribution in [3.05, 3.63) is 68.7 Å². The molecule has 0 saturated heterocycles. The van der Waals surface area contributed by atoms with Crippen LogP contribution in [0.15, 0.2) is 36.4 Å². The van der Waals surface area contributed by atoms with Gasteiger partial charge in [0.15, 0.2) is 6.61 Å². The highest BCUT2D eigenvalue weighted by molar-refractivity contribution is 6.36. The summed E-state index contributed by atoms with van der Waals surface area (Å²) in [4.78, 5) is 35.9. The number of ether oxygens (including phenoxy) is 1. The molecule has 0 fully saturated rings. The molecule has 1 amide bonds. The minimum Gasteiger partial charge on any atom is -0.456 e. The second-order valence-corrected chi connectivity index (χ2v) is 6.55. The molecular weight excluding hydrogens is 377 g/mol. The molecule has 0 saturated carbocycles. The van der Waals surface area contributed by atoms with Crippen molar-refractivity contribution in [2.45, 2.75) is 13.8 Å². The predicted molar refractivity (Wildman–Crippen MR) is 100 cm³/mol. The number of Topliss-reactive ketones (excluding diaryl/α,β-unsaturated/α-hetero) is 1. The minimum atomic E-state index is -0.721. The van der Waals surface area contributed by atoms with Crippen molar-refractivity contribution in [3.63, 3.8) is 0 Å². The van der Waals surface area contributed by atoms with Gasteiger partial charge in [0.05, 0.1) is 10.6 Å². The Labute approximate surface area is 161 Å². The van der Waals surface area contributed by atoms with Crippen LogP contribution in [0, 0.1) is 13.8 Å². The summed E-state index contributed by atoms with van der Waals surface area (Å²) in [6, 6.07) is 9.80. The van der Waals surface area contributed by atoms with E-state index in [1.807, 2.05) is 26.0 Å². The largest absolute Gasteiger partial charge is 0.456 e. The van der Waals surface area contributed by atoms with Gasteiger partial charge in [-0.2, -0.15) is 0 Å². The summed E-state index contributed by atoms with van der Waals surface area (Å²) in [5.41, 5.74) is 2.55. The van der Waals surface area contributed by atoms with Gasteiger partial charge in [0.2, 0.25) is 5.78 Å². The average molecular weight is 394 g/mol. The maximum absolute atomic E-state index is 12.1. The number of esters is 1. The number of carbonyl (C=O) groups is 3. The van der Waals surface area contributed by atoms with Gasteiger partial charge in [0.1, 0.15) is 6.54 Å². The molecule has 0 aliphatic rings. The molecule has 136 valence electrons. The monoisotopic (exact) mass is 393 g/mol. The SMILES string of the molecule is Cc1ccc(C(=O)COC(=O)CNC(=O)c2ccc(Cl)cc2Cl)c(C)c1. The van der Waals surface area contributed by atoms with Crippen molar-refractivity contribution >= 4 is 40.9 Å². The normalized spacial score (nSPS) is 10.3. The number of hydrogen-bond acceptors (Lipinski definition) is 4. The maximum Gasteiger partial charge on any atom is 0.325 e. The number of hydrogen-bond donors (Lipinski definition) is 1. The summed E-state index contributed by atoms with van der Waals surface area (Å²) < 4.78 is 4.92. The first-order chi connectivity index (χ1) is 12.3. The lowest BCUT2D eigenvalue weighted by Crippen LogP contribution is -2.31. The van der Waals surface area contributed by atoms with E-state index >= 15 is 0 Å². The van der Waals surface area contributed by atoms with Crippen molar-refractivity contribution in [3.8, 4) is 0 Å². The molecule has 0 aliphatic carbocycles. The Bertz CT molecular complexity index is 795. The Morgan fingerprint density at radius 1 is 1.00 bits per heavy atom. The topological polar surface area (TPSA) is 72.5 Å². The highest BCUT2D eigenvalue weighted by Crippen LogP contribution is 2.20. The van der Waals surface area contributed by atoms with Gasteiger partial charge in [-0.15, -0.1) is 0 Å². The molecule has 2 aromatic carbocycles. The third kappa shape index (κ3) is 5.31. The summed E-state index contributed by atoms with van der Waals surface area (Å²) in [6.07, 6.45) is 0. The predicted octanol–water partition coefficient (Wildman–Crippen LogP) is 3.77. The Balaban J connectivity index is 1.85. The quantitative estimate of drug-likeness (QED) is 0.598. The summed E-state index contributed by atoms with van der Waals surface area (Å²) >= 11 is 11.7. The van der Waals surface area contributed by atoms with E-state index in [2.05, 4.69) is 5.32 Å². The van der Waals surface area contributed by atoms with E-state index in [0.29, 0.717) is 10.6 Å². The molecule has 0 atom stereocenters. The van der Waals surface area contributed by atoms with E-state index < -0.39 is 11.9 Å². The van der Waals surface area contributed by atoms with E-state index in [1.165, 1.54) is 18.2 Å². The van der Waals surface area contributed by atoms with Gasteiger partial charge in [-0.3, -0.25) is 14.4 Å². The molecule has 5 nitrogen and oxygen atoms in total. The standard InChI is InChI=1S/C19H17Cl2NO4/c1-11-3-5-14(12(2)7-11)17(23)10-26-18(24)9-22-19(25)15-6-4-13(20)8-16(15)21/h3-8H,9-10H2,1-2H3,(H,22,25). The molecular formula is C19H17Cl2NO4. The number of amides is 1. The fourth-order valence-electron chi connectivity index (χ4n) is 2.32. The van der Waals surface area contributed by atoms with Gasteiger partial charge in [-0.05, 0) is 37.6 Å². The van der Waals surface area contributed by atoms with E-state index in [0.717, 1.165) is 11.1 Å². The number of benzene rings is 2. The molecule has 2 rings (SSSR count). The number of nitrogens with one attached hydrogen (secondary N) is 1. The van der Waals surface area contributed by atoms with Crippen LogP contribution < -0.4 is 5.32 Å². The molecule has 0 radical (unpaired) electrons. The third-order valence-electron chi connectivity index (χ3n) is 3.62. The van der Waals surface area contributed by atoms with Crippen LogP contribution in [0.25, 0.3) is 0 Å². The highest BCUT2D eigenvalue weighted by Gasteiger charge is 2.15. The van der Waals surface area contributed by atoms with Crippen molar-refractivity contribution in [1.82, 2.24) is 5.32 Å². The van der Waals surface area contributed by atoms with E-state index in [-0.39, 0.29) is 29.5 Å². The second-order valence-electron chi connectivity index (χ2n) is 5.71. The number of rotatable bonds is 6. The molecule has 1 N–H and O–H groups in total. The lowest BCUT2D eigenvalue weighted by Gasteiger charge is -2.09. The first kappa shape index (κ1) is 19.9. The summed E-state index contributed by atoms with van der Waals surface area (Å²) in [5, 5.41) is 2.96. The van der Waals surface area contributed by atoms with Crippen molar-refractivity contribution in [2.24, 2.45) is 0 Å². The molecule has 2 aromatic rings. The highest BCUT2D eigenvalue weighted by atomic mass is 35.5. The van der Waals surface area contributed by atoms with E-state index in [9.17, 15) is 14.4 Å². The van der Waals surface area contributed by atoms with Crippen molar-refractivity contribution in [2.75, 3.05) is 13.2 Å². The zero-order valence-electron chi connectivity index (χ0n) is 14.3. The van der Waals surface area contributed by atoms with Gasteiger partial charge in [-0.25, -0.2) is 0 Å². The van der Waals surface area contributed by atoms with Crippen LogP contribution >= 0.6 is 23.2 Å². The summed E-state index contributed by atoms with van der Waals surface area (Å²) in [6.45, 7) is 2.98. The average Bonchev–Trinajstić information content (AvgIpc) is 2.57. The summed E-state index contributed by atoms with van der Waals surface area (Å²) in [5.74, 6) is -1.56. The molecule has 0 heterocycles. The Morgan fingerprint density at radius 3 is 2.35 bits per heavy atom. The van der Waals surface area contributed by atoms with Gasteiger partial charge >= 0.3 is 5.97 Å². The van der Waals surface area contributed by atoms with Crippen LogP contribution in [0.5, 0.6) is 0 Å². The molecule has 0 bridgehead atoms. The second kappa shape index (κ2) is 8.83. The van der Waals surface area contributed by atoms with Crippen LogP contribution in [0.3, 0.4) is 0 Å². The molecule has 0 aliphatic heterocycles. The number of aryl methyl sites for hydroxylation is 2. The smallest absolute Gasteiger partial charge is 0.325 e. The van der Waals surface area contributed by atoms with E-state index in [1.54, 1.807) is 6.07 Å². The van der Waals surface area contributed by atoms with Crippen LogP contribution in [-0.4, -0.2) is 30.8 Å². The van der Waals surface area contributed by atoms with E-state index in [4.69, 9.17) is 27.9 Å². The number of halogens is 2. The van der Waals surface area contributed by atoms with Gasteiger partial charge < -0.3 is 10.1 Å². The van der Waals surface area contributed by atoms with Crippen LogP contribution in [0.1, 0.15) is 31.8 Å². The van der Waals surface area contributed by atoms with Crippen molar-refractivity contribution in [1.29, 1.82) is 0 Å². The van der Waals surface area contributed by atoms with Crippen LogP contribution in [0.2, 0.25) is 10.0 Å². The fraction of sp³-hybridized carbons (Fsp3) is 0.211. The Morgan fingerprint density at radius 2 is 1.69 bits per heavy atom. The lowest BCUT2D eigenvalue weighted by atomic mass is 10.0. The minimum absolute atomic E-state index is 0.174. The number of carbonyl (C=O) groups excluding carboxylic acids is 3. The Hall–Kier alpha value is -2.37. The first-order valence-corrected chi connectivity index (χ1v) is 8.53. The van der Waals surface area contributed by atoms with Crippen molar-refractivity contribution < 1.29 is 19.1 Å². The van der Waals surface area contributed by atoms with Crippen LogP contribution in [0.4, 0.5) is 0 Å². The zero-order valence-corrected chi connectivity index (χ0v) is 15.8. The van der Waals surface area contributed by atoms with Gasteiger partial charge in [0.25, 0.3) is 5.91 Å². The fourth-order valence-corrected chi connectivity index (χ4v) is 2.82. The van der Waals surface area contributed by atoms with Gasteiger partial charge in [-0.1, -0.05) is 47.0 Å². The van der Waals surface area contributed by atoms with Crippen LogP contribution in [-0.2, 0) is 9.53 Å². The zero-order chi connectivity index (χ0) is 19.3. The maximum atomic E-state index is 12.1. The Kier molecular flexibility index (Phi) is 6.77. The summed E-state index contributed by atoms with van der Waals surface area (Å²) in [7, 11) is 0. The number of ketones is 1. The molecule has 26 heavy (non-hydrogen) atoms. The molecule has 7 heteroatoms. The van der Waals surface area contributed by atoms with Gasteiger partial charge in [0, 0.05) is 10.6 Å². The first-order valence-electron chi connectivity index (χ1n) is 7.77. The molecule has 0 aromatic heterocycles. The third-order valence-corrected chi connectivity index (χ3v) is 4.16. The lowest BCUT2D eigenvalue weighted by molar-refractivity contribution is -0.141. The molecule has 0 unspecified atom stereocenters.